The van der Waals surface area contributed by atoms with Crippen LogP contribution < -0.4 is 0 Å². The predicted octanol–water partition coefficient (Wildman–Crippen LogP) is 1.98. The maximum atomic E-state index is 5.30. The normalized spacial score (nSPS) is 23.1. The highest BCUT2D eigenvalue weighted by Gasteiger charge is 2.22. The van der Waals surface area contributed by atoms with Crippen LogP contribution in [0, 0.1) is 4.77 Å². The van der Waals surface area contributed by atoms with Crippen LogP contribution in [0.5, 0.6) is 0 Å². The molecule has 0 spiro atoms. The Kier molecular flexibility index (Phi) is 2.74. The summed E-state index contributed by atoms with van der Waals surface area (Å²) in [5.74, 6) is 0. The molecule has 0 radical (unpaired) electrons. The Labute approximate surface area is 89.7 Å². The van der Waals surface area contributed by atoms with E-state index in [1.54, 1.807) is 0 Å². The molecule has 1 atom stereocenters. The Morgan fingerprint density at radius 1 is 1.64 bits per heavy atom. The first-order chi connectivity index (χ1) is 6.72. The predicted molar refractivity (Wildman–Crippen MR) is 60.1 cm³/mol. The van der Waals surface area contributed by atoms with E-state index in [4.69, 9.17) is 12.2 Å². The van der Waals surface area contributed by atoms with Crippen molar-refractivity contribution in [1.29, 1.82) is 0 Å². The van der Waals surface area contributed by atoms with Crippen molar-refractivity contribution in [2.45, 2.75) is 25.8 Å². The van der Waals surface area contributed by atoms with Crippen LogP contribution in [0.3, 0.4) is 0 Å². The molecule has 4 heteroatoms. The van der Waals surface area contributed by atoms with Gasteiger partial charge < -0.3 is 14.5 Å². The molecular weight excluding hydrogens is 194 g/mol. The van der Waals surface area contributed by atoms with Gasteiger partial charge in [-0.15, -0.1) is 0 Å². The standard InChI is InChI=1S/C10H17N3S/c1-3-8-6-11-10(14)13(8)9-4-5-12(2)7-9/h6,9H,3-5,7H2,1-2H3,(H,11,14). The summed E-state index contributed by atoms with van der Waals surface area (Å²) < 4.78 is 3.17. The number of likely N-dealkylation sites (N-methyl/N-ethyl adjacent to an activating group) is 1. The molecule has 1 aromatic heterocycles. The SMILES string of the molecule is CCc1c[nH]c(=S)n1C1CCN(C)C1. The molecule has 1 fully saturated rings. The molecular formula is C10H17N3S. The molecule has 78 valence electrons. The van der Waals surface area contributed by atoms with Gasteiger partial charge in [0.1, 0.15) is 0 Å². The van der Waals surface area contributed by atoms with Gasteiger partial charge >= 0.3 is 0 Å². The molecule has 1 aliphatic rings. The highest BCUT2D eigenvalue weighted by atomic mass is 32.1. The molecule has 1 saturated heterocycles. The summed E-state index contributed by atoms with van der Waals surface area (Å²) in [7, 11) is 2.17. The monoisotopic (exact) mass is 211 g/mol. The number of nitrogens with zero attached hydrogens (tertiary/aromatic N) is 2. The number of hydrogen-bond donors (Lipinski definition) is 1. The fourth-order valence-corrected chi connectivity index (χ4v) is 2.54. The van der Waals surface area contributed by atoms with E-state index in [1.165, 1.54) is 18.7 Å². The van der Waals surface area contributed by atoms with Crippen molar-refractivity contribution in [2.24, 2.45) is 0 Å². The molecule has 3 nitrogen and oxygen atoms in total. The Balaban J connectivity index is 2.30. The van der Waals surface area contributed by atoms with E-state index in [0.717, 1.165) is 17.7 Å². The van der Waals surface area contributed by atoms with Crippen LogP contribution in [0.25, 0.3) is 0 Å². The molecule has 1 unspecified atom stereocenters. The average Bonchev–Trinajstić information content (AvgIpc) is 2.71. The number of aryl methyl sites for hydroxylation is 1. The third-order valence-corrected chi connectivity index (χ3v) is 3.30. The number of nitrogens with one attached hydrogen (secondary N) is 1. The first-order valence-electron chi connectivity index (χ1n) is 5.19. The summed E-state index contributed by atoms with van der Waals surface area (Å²) in [4.78, 5) is 5.50. The van der Waals surface area contributed by atoms with Crippen molar-refractivity contribution in [1.82, 2.24) is 14.5 Å². The quantitative estimate of drug-likeness (QED) is 0.756. The number of H-pyrrole nitrogens is 1. The van der Waals surface area contributed by atoms with Gasteiger partial charge in [0.15, 0.2) is 4.77 Å². The summed E-state index contributed by atoms with van der Waals surface area (Å²) in [5.41, 5.74) is 1.33. The zero-order chi connectivity index (χ0) is 10.1. The van der Waals surface area contributed by atoms with E-state index in [9.17, 15) is 0 Å². The van der Waals surface area contributed by atoms with Gasteiger partial charge in [-0.25, -0.2) is 0 Å². The van der Waals surface area contributed by atoms with Crippen LogP contribution in [0.4, 0.5) is 0 Å². The van der Waals surface area contributed by atoms with Crippen LogP contribution in [0.15, 0.2) is 6.20 Å². The summed E-state index contributed by atoms with van der Waals surface area (Å²) in [6.45, 7) is 4.48. The maximum absolute atomic E-state index is 5.30. The van der Waals surface area contributed by atoms with Gasteiger partial charge in [0, 0.05) is 18.4 Å². The molecule has 0 saturated carbocycles. The lowest BCUT2D eigenvalue weighted by molar-refractivity contribution is 0.389. The fourth-order valence-electron chi connectivity index (χ4n) is 2.21. The Hall–Kier alpha value is -0.610. The van der Waals surface area contributed by atoms with Crippen LogP contribution in [0.1, 0.15) is 25.1 Å². The summed E-state index contributed by atoms with van der Waals surface area (Å²) in [5, 5.41) is 0. The highest BCUT2D eigenvalue weighted by Crippen LogP contribution is 2.22. The van der Waals surface area contributed by atoms with Crippen molar-refractivity contribution in [3.63, 3.8) is 0 Å². The third kappa shape index (κ3) is 1.64. The van der Waals surface area contributed by atoms with Crippen LogP contribution in [-0.2, 0) is 6.42 Å². The highest BCUT2D eigenvalue weighted by molar-refractivity contribution is 7.71. The third-order valence-electron chi connectivity index (χ3n) is 2.98. The van der Waals surface area contributed by atoms with Gasteiger partial charge in [-0.3, -0.25) is 0 Å². The second kappa shape index (κ2) is 3.87. The van der Waals surface area contributed by atoms with Crippen molar-refractivity contribution in [2.75, 3.05) is 20.1 Å². The van der Waals surface area contributed by atoms with Gasteiger partial charge in [0.05, 0.1) is 6.04 Å². The summed E-state index contributed by atoms with van der Waals surface area (Å²) in [6.07, 6.45) is 4.31. The summed E-state index contributed by atoms with van der Waals surface area (Å²) >= 11 is 5.30. The van der Waals surface area contributed by atoms with E-state index in [1.807, 2.05) is 6.20 Å². The second-order valence-corrected chi connectivity index (χ2v) is 4.40. The van der Waals surface area contributed by atoms with Crippen LogP contribution in [0.2, 0.25) is 0 Å². The van der Waals surface area contributed by atoms with Gasteiger partial charge in [-0.2, -0.15) is 0 Å². The second-order valence-electron chi connectivity index (χ2n) is 4.01. The first kappa shape index (κ1) is 9.93. The number of aromatic nitrogens is 2. The van der Waals surface area contributed by atoms with Crippen LogP contribution in [-0.4, -0.2) is 34.6 Å². The Morgan fingerprint density at radius 2 is 2.43 bits per heavy atom. The van der Waals surface area contributed by atoms with E-state index in [-0.39, 0.29) is 0 Å². The number of hydrogen-bond acceptors (Lipinski definition) is 2. The molecule has 0 amide bonds. The van der Waals surface area contributed by atoms with Gasteiger partial charge in [0.2, 0.25) is 0 Å². The number of likely N-dealkylation sites (tertiary alicyclic amines) is 1. The average molecular weight is 211 g/mol. The minimum atomic E-state index is 0.577. The summed E-state index contributed by atoms with van der Waals surface area (Å²) in [6, 6.07) is 0.577. The van der Waals surface area contributed by atoms with Crippen LogP contribution >= 0.6 is 12.2 Å². The number of aromatic amines is 1. The van der Waals surface area contributed by atoms with Gasteiger partial charge in [-0.05, 0) is 38.7 Å². The Morgan fingerprint density at radius 3 is 3.00 bits per heavy atom. The largest absolute Gasteiger partial charge is 0.337 e. The molecule has 0 bridgehead atoms. The van der Waals surface area contributed by atoms with Gasteiger partial charge in [0.25, 0.3) is 0 Å². The van der Waals surface area contributed by atoms with E-state index in [2.05, 4.69) is 28.4 Å². The van der Waals surface area contributed by atoms with Crippen molar-refractivity contribution in [3.8, 4) is 0 Å². The molecule has 1 aliphatic heterocycles. The first-order valence-corrected chi connectivity index (χ1v) is 5.60. The van der Waals surface area contributed by atoms with E-state index < -0.39 is 0 Å². The molecule has 0 aromatic carbocycles. The number of imidazole rings is 1. The lowest BCUT2D eigenvalue weighted by Gasteiger charge is -2.15. The number of rotatable bonds is 2. The molecule has 0 aliphatic carbocycles. The van der Waals surface area contributed by atoms with E-state index in [0.29, 0.717) is 6.04 Å². The lowest BCUT2D eigenvalue weighted by atomic mass is 10.2. The molecule has 1 aromatic rings. The zero-order valence-corrected chi connectivity index (χ0v) is 9.60. The molecule has 14 heavy (non-hydrogen) atoms. The maximum Gasteiger partial charge on any atom is 0.177 e. The smallest absolute Gasteiger partial charge is 0.177 e. The lowest BCUT2D eigenvalue weighted by Crippen LogP contribution is -2.17. The minimum absolute atomic E-state index is 0.577. The van der Waals surface area contributed by atoms with Crippen molar-refractivity contribution >= 4 is 12.2 Å². The van der Waals surface area contributed by atoms with Crippen molar-refractivity contribution in [3.05, 3.63) is 16.7 Å². The molecule has 2 rings (SSSR count). The Bertz CT molecular complexity index is 366. The topological polar surface area (TPSA) is 24.0 Å². The molecule has 2 heterocycles. The van der Waals surface area contributed by atoms with Crippen molar-refractivity contribution < 1.29 is 0 Å². The molecule has 1 N–H and O–H groups in total. The minimum Gasteiger partial charge on any atom is -0.337 e. The van der Waals surface area contributed by atoms with E-state index >= 15 is 0 Å². The van der Waals surface area contributed by atoms with Gasteiger partial charge in [-0.1, -0.05) is 6.92 Å². The zero-order valence-electron chi connectivity index (χ0n) is 8.79. The fraction of sp³-hybridized carbons (Fsp3) is 0.700.